The van der Waals surface area contributed by atoms with Crippen molar-refractivity contribution >= 4 is 17.3 Å². The van der Waals surface area contributed by atoms with E-state index < -0.39 is 0 Å². The Balaban J connectivity index is 1.54. The van der Waals surface area contributed by atoms with Crippen molar-refractivity contribution < 1.29 is 9.18 Å². The molecule has 2 heterocycles. The first-order valence-corrected chi connectivity index (χ1v) is 9.44. The number of anilines is 2. The molecule has 0 spiro atoms. The molecule has 0 saturated carbocycles. The molecule has 0 aliphatic carbocycles. The number of amides is 1. The summed E-state index contributed by atoms with van der Waals surface area (Å²) in [6.45, 7) is 1.81. The largest absolute Gasteiger partial charge is 0.370 e. The molecule has 6 heteroatoms. The molecule has 4 rings (SSSR count). The van der Waals surface area contributed by atoms with Gasteiger partial charge in [-0.15, -0.1) is 0 Å². The lowest BCUT2D eigenvalue weighted by molar-refractivity contribution is 0.102. The van der Waals surface area contributed by atoms with Gasteiger partial charge >= 0.3 is 0 Å². The first-order chi connectivity index (χ1) is 13.7. The molecule has 1 aliphatic rings. The number of piperidine rings is 1. The van der Waals surface area contributed by atoms with Crippen LogP contribution >= 0.6 is 0 Å². The first kappa shape index (κ1) is 18.1. The van der Waals surface area contributed by atoms with Crippen molar-refractivity contribution in [2.45, 2.75) is 19.3 Å². The Morgan fingerprint density at radius 1 is 0.964 bits per heavy atom. The molecular formula is C22H21FN4O. The van der Waals surface area contributed by atoms with Gasteiger partial charge in [-0.1, -0.05) is 30.3 Å². The molecule has 1 aromatic heterocycles. The molecule has 5 nitrogen and oxygen atoms in total. The molecule has 1 fully saturated rings. The second kappa shape index (κ2) is 8.17. The van der Waals surface area contributed by atoms with Crippen LogP contribution in [0.25, 0.3) is 11.4 Å². The smallest absolute Gasteiger partial charge is 0.258 e. The Labute approximate surface area is 163 Å². The standard InChI is InChI=1S/C22H21FN4O/c23-18-9-10-20(27-11-5-2-6-12-27)19(13-18)26-22(28)17-14-24-21(25-15-17)16-7-3-1-4-8-16/h1,3-4,7-10,13-15H,2,5-6,11-12H2,(H,26,28). The summed E-state index contributed by atoms with van der Waals surface area (Å²) in [6, 6.07) is 14.1. The molecule has 142 valence electrons. The van der Waals surface area contributed by atoms with Gasteiger partial charge < -0.3 is 10.2 Å². The van der Waals surface area contributed by atoms with Gasteiger partial charge in [-0.05, 0) is 37.5 Å². The maximum atomic E-state index is 13.8. The Hall–Kier alpha value is -3.28. The second-order valence-corrected chi connectivity index (χ2v) is 6.82. The number of nitrogens with zero attached hydrogens (tertiary/aromatic N) is 3. The third-order valence-corrected chi connectivity index (χ3v) is 4.85. The molecule has 0 unspecified atom stereocenters. The highest BCUT2D eigenvalue weighted by atomic mass is 19.1. The summed E-state index contributed by atoms with van der Waals surface area (Å²) in [7, 11) is 0. The zero-order chi connectivity index (χ0) is 19.3. The van der Waals surface area contributed by atoms with Crippen LogP contribution in [0.1, 0.15) is 29.6 Å². The lowest BCUT2D eigenvalue weighted by Gasteiger charge is -2.30. The third kappa shape index (κ3) is 4.01. The van der Waals surface area contributed by atoms with Crippen LogP contribution in [-0.4, -0.2) is 29.0 Å². The van der Waals surface area contributed by atoms with Crippen molar-refractivity contribution in [3.05, 3.63) is 72.3 Å². The maximum absolute atomic E-state index is 13.8. The van der Waals surface area contributed by atoms with Gasteiger partial charge in [-0.2, -0.15) is 0 Å². The van der Waals surface area contributed by atoms with Gasteiger partial charge in [0.15, 0.2) is 5.82 Å². The predicted molar refractivity (Wildman–Crippen MR) is 108 cm³/mol. The summed E-state index contributed by atoms with van der Waals surface area (Å²) in [5.41, 5.74) is 2.52. The molecule has 1 saturated heterocycles. The quantitative estimate of drug-likeness (QED) is 0.727. The predicted octanol–water partition coefficient (Wildman–Crippen LogP) is 4.53. The molecule has 1 N–H and O–H groups in total. The van der Waals surface area contributed by atoms with Crippen LogP contribution in [0.15, 0.2) is 60.9 Å². The van der Waals surface area contributed by atoms with E-state index in [9.17, 15) is 9.18 Å². The Kier molecular flexibility index (Phi) is 5.28. The van der Waals surface area contributed by atoms with E-state index in [1.54, 1.807) is 6.07 Å². The van der Waals surface area contributed by atoms with Gasteiger partial charge in [0.05, 0.1) is 16.9 Å². The molecule has 0 atom stereocenters. The highest BCUT2D eigenvalue weighted by molar-refractivity contribution is 6.05. The van der Waals surface area contributed by atoms with Gasteiger partial charge in [-0.3, -0.25) is 4.79 Å². The van der Waals surface area contributed by atoms with Crippen LogP contribution in [-0.2, 0) is 0 Å². The van der Waals surface area contributed by atoms with Crippen LogP contribution in [0.5, 0.6) is 0 Å². The molecule has 28 heavy (non-hydrogen) atoms. The van der Waals surface area contributed by atoms with E-state index in [0.717, 1.165) is 37.2 Å². The number of hydrogen-bond acceptors (Lipinski definition) is 4. The molecular weight excluding hydrogens is 355 g/mol. The number of halogens is 1. The van der Waals surface area contributed by atoms with Crippen LogP contribution < -0.4 is 10.2 Å². The maximum Gasteiger partial charge on any atom is 0.258 e. The van der Waals surface area contributed by atoms with E-state index in [1.165, 1.54) is 30.9 Å². The molecule has 3 aromatic rings. The lowest BCUT2D eigenvalue weighted by Crippen LogP contribution is -2.30. The van der Waals surface area contributed by atoms with Gasteiger partial charge in [0, 0.05) is 31.0 Å². The lowest BCUT2D eigenvalue weighted by atomic mass is 10.1. The number of nitrogens with one attached hydrogen (secondary N) is 1. The number of rotatable bonds is 4. The van der Waals surface area contributed by atoms with Gasteiger partial charge in [-0.25, -0.2) is 14.4 Å². The Morgan fingerprint density at radius 2 is 1.68 bits per heavy atom. The highest BCUT2D eigenvalue weighted by Gasteiger charge is 2.17. The number of benzene rings is 2. The van der Waals surface area contributed by atoms with E-state index >= 15 is 0 Å². The van der Waals surface area contributed by atoms with E-state index in [2.05, 4.69) is 20.2 Å². The summed E-state index contributed by atoms with van der Waals surface area (Å²) in [5.74, 6) is -0.188. The van der Waals surface area contributed by atoms with E-state index in [4.69, 9.17) is 0 Å². The van der Waals surface area contributed by atoms with Crippen LogP contribution in [0, 0.1) is 5.82 Å². The summed E-state index contributed by atoms with van der Waals surface area (Å²) in [5, 5.41) is 2.82. The average molecular weight is 376 g/mol. The summed E-state index contributed by atoms with van der Waals surface area (Å²) in [6.07, 6.45) is 6.37. The summed E-state index contributed by atoms with van der Waals surface area (Å²) >= 11 is 0. The van der Waals surface area contributed by atoms with E-state index in [1.807, 2.05) is 30.3 Å². The van der Waals surface area contributed by atoms with Crippen molar-refractivity contribution in [3.8, 4) is 11.4 Å². The minimum atomic E-state index is -0.383. The van der Waals surface area contributed by atoms with Gasteiger partial charge in [0.2, 0.25) is 0 Å². The van der Waals surface area contributed by atoms with Crippen LogP contribution in [0.3, 0.4) is 0 Å². The van der Waals surface area contributed by atoms with Crippen molar-refractivity contribution in [2.75, 3.05) is 23.3 Å². The van der Waals surface area contributed by atoms with Crippen LogP contribution in [0.2, 0.25) is 0 Å². The molecule has 1 amide bonds. The van der Waals surface area contributed by atoms with Gasteiger partial charge in [0.25, 0.3) is 5.91 Å². The van der Waals surface area contributed by atoms with Crippen molar-refractivity contribution in [3.63, 3.8) is 0 Å². The van der Waals surface area contributed by atoms with Crippen molar-refractivity contribution in [1.82, 2.24) is 9.97 Å². The van der Waals surface area contributed by atoms with Crippen LogP contribution in [0.4, 0.5) is 15.8 Å². The second-order valence-electron chi connectivity index (χ2n) is 6.82. The molecule has 1 aliphatic heterocycles. The van der Waals surface area contributed by atoms with E-state index in [0.29, 0.717) is 17.1 Å². The molecule has 2 aromatic carbocycles. The average Bonchev–Trinajstić information content (AvgIpc) is 2.75. The minimum absolute atomic E-state index is 0.327. The van der Waals surface area contributed by atoms with Crippen molar-refractivity contribution in [1.29, 1.82) is 0 Å². The minimum Gasteiger partial charge on any atom is -0.370 e. The Bertz CT molecular complexity index is 954. The number of carbonyl (C=O) groups is 1. The number of aromatic nitrogens is 2. The monoisotopic (exact) mass is 376 g/mol. The summed E-state index contributed by atoms with van der Waals surface area (Å²) in [4.78, 5) is 23.4. The fraction of sp³-hybridized carbons (Fsp3) is 0.227. The zero-order valence-electron chi connectivity index (χ0n) is 15.4. The van der Waals surface area contributed by atoms with E-state index in [-0.39, 0.29) is 11.7 Å². The normalized spacial score (nSPS) is 14.0. The first-order valence-electron chi connectivity index (χ1n) is 9.44. The summed E-state index contributed by atoms with van der Waals surface area (Å²) < 4.78 is 13.8. The number of hydrogen-bond donors (Lipinski definition) is 1. The Morgan fingerprint density at radius 3 is 2.39 bits per heavy atom. The van der Waals surface area contributed by atoms with Gasteiger partial charge in [0.1, 0.15) is 5.82 Å². The topological polar surface area (TPSA) is 58.1 Å². The molecule has 0 radical (unpaired) electrons. The highest BCUT2D eigenvalue weighted by Crippen LogP contribution is 2.29. The van der Waals surface area contributed by atoms with Crippen molar-refractivity contribution in [2.24, 2.45) is 0 Å². The number of carbonyl (C=O) groups excluding carboxylic acids is 1. The molecule has 0 bridgehead atoms. The zero-order valence-corrected chi connectivity index (χ0v) is 15.4. The fourth-order valence-corrected chi connectivity index (χ4v) is 3.40. The fourth-order valence-electron chi connectivity index (χ4n) is 3.40. The third-order valence-electron chi connectivity index (χ3n) is 4.85. The SMILES string of the molecule is O=C(Nc1cc(F)ccc1N1CCCCC1)c1cnc(-c2ccccc2)nc1.